The van der Waals surface area contributed by atoms with Gasteiger partial charge in [0.2, 0.25) is 6.54 Å². The topological polar surface area (TPSA) is 99.7 Å². The van der Waals surface area contributed by atoms with E-state index in [4.69, 9.17) is 9.15 Å². The number of esters is 1. The highest BCUT2D eigenvalue weighted by Gasteiger charge is 2.59. The van der Waals surface area contributed by atoms with E-state index in [1.807, 2.05) is 0 Å². The summed E-state index contributed by atoms with van der Waals surface area (Å²) in [6, 6.07) is 3.15. The van der Waals surface area contributed by atoms with Crippen LogP contribution in [0.15, 0.2) is 22.8 Å². The number of carbonyl (C=O) groups is 2. The summed E-state index contributed by atoms with van der Waals surface area (Å²) in [4.78, 5) is 36.0. The molecule has 2 atom stereocenters. The molecule has 7 nitrogen and oxygen atoms in total. The molecule has 0 unspecified atom stereocenters. The average molecular weight is 323 g/mol. The van der Waals surface area contributed by atoms with Crippen molar-refractivity contribution in [3.8, 4) is 0 Å². The Bertz CT molecular complexity index is 601. The van der Waals surface area contributed by atoms with E-state index in [9.17, 15) is 19.7 Å². The largest absolute Gasteiger partial charge is 0.469 e. The Morgan fingerprint density at radius 1 is 1.52 bits per heavy atom. The van der Waals surface area contributed by atoms with Gasteiger partial charge in [-0.25, -0.2) is 0 Å². The highest BCUT2D eigenvalue weighted by Crippen LogP contribution is 2.48. The molecule has 1 aromatic heterocycles. The van der Waals surface area contributed by atoms with E-state index in [0.717, 1.165) is 0 Å². The van der Waals surface area contributed by atoms with Gasteiger partial charge in [-0.05, 0) is 45.7 Å². The van der Waals surface area contributed by atoms with Gasteiger partial charge in [0.15, 0.2) is 5.78 Å². The van der Waals surface area contributed by atoms with Crippen LogP contribution in [0.4, 0.5) is 0 Å². The van der Waals surface area contributed by atoms with Crippen LogP contribution in [-0.2, 0) is 14.3 Å². The molecule has 0 aromatic carbocycles. The third kappa shape index (κ3) is 3.43. The third-order valence-corrected chi connectivity index (χ3v) is 4.05. The van der Waals surface area contributed by atoms with Gasteiger partial charge in [0.25, 0.3) is 0 Å². The van der Waals surface area contributed by atoms with Crippen LogP contribution in [0.3, 0.4) is 0 Å². The quantitative estimate of drug-likeness (QED) is 0.357. The lowest BCUT2D eigenvalue weighted by atomic mass is 9.71. The second kappa shape index (κ2) is 6.14. The van der Waals surface area contributed by atoms with Crippen LogP contribution in [-0.4, -0.2) is 28.8 Å². The van der Waals surface area contributed by atoms with E-state index in [1.54, 1.807) is 32.9 Å². The fraction of sp³-hybridized carbons (Fsp3) is 0.625. The second-order valence-corrected chi connectivity index (χ2v) is 6.83. The molecule has 23 heavy (non-hydrogen) atoms. The van der Waals surface area contributed by atoms with E-state index in [2.05, 4.69) is 0 Å². The maximum Gasteiger partial charge on any atom is 0.321 e. The smallest absolute Gasteiger partial charge is 0.321 e. The molecule has 1 aliphatic rings. The Kier molecular flexibility index (Phi) is 4.58. The van der Waals surface area contributed by atoms with Crippen molar-refractivity contribution in [3.63, 3.8) is 0 Å². The number of hydrogen-bond donors (Lipinski definition) is 0. The summed E-state index contributed by atoms with van der Waals surface area (Å²) in [6.45, 7) is 4.55. The monoisotopic (exact) mass is 323 g/mol. The summed E-state index contributed by atoms with van der Waals surface area (Å²) >= 11 is 0. The maximum atomic E-state index is 12.8. The van der Waals surface area contributed by atoms with Crippen LogP contribution < -0.4 is 0 Å². The minimum Gasteiger partial charge on any atom is -0.469 e. The number of nitrogens with zero attached hydrogens (tertiary/aromatic N) is 1. The summed E-state index contributed by atoms with van der Waals surface area (Å²) in [7, 11) is 0. The average Bonchev–Trinajstić information content (AvgIpc) is 3.03. The number of hydrogen-bond acceptors (Lipinski definition) is 6. The molecule has 0 spiro atoms. The molecule has 0 aliphatic heterocycles. The molecule has 126 valence electrons. The van der Waals surface area contributed by atoms with Crippen LogP contribution in [0, 0.1) is 15.5 Å². The molecular weight excluding hydrogens is 302 g/mol. The predicted octanol–water partition coefficient (Wildman–Crippen LogP) is 2.72. The molecule has 1 heterocycles. The van der Waals surface area contributed by atoms with Crippen molar-refractivity contribution in [2.45, 2.75) is 51.6 Å². The lowest BCUT2D eigenvalue weighted by Crippen LogP contribution is -2.47. The van der Waals surface area contributed by atoms with Crippen molar-refractivity contribution in [1.29, 1.82) is 0 Å². The summed E-state index contributed by atoms with van der Waals surface area (Å²) in [5, 5.41) is 11.1. The van der Waals surface area contributed by atoms with Crippen LogP contribution in [0.5, 0.6) is 0 Å². The summed E-state index contributed by atoms with van der Waals surface area (Å²) < 4.78 is 10.7. The van der Waals surface area contributed by atoms with Gasteiger partial charge in [-0.15, -0.1) is 0 Å². The van der Waals surface area contributed by atoms with Crippen molar-refractivity contribution in [1.82, 2.24) is 0 Å². The number of furan rings is 1. The van der Waals surface area contributed by atoms with Crippen molar-refractivity contribution in [2.24, 2.45) is 5.41 Å². The molecule has 1 fully saturated rings. The highest BCUT2D eigenvalue weighted by molar-refractivity contribution is 6.06. The summed E-state index contributed by atoms with van der Waals surface area (Å²) in [5.41, 5.74) is -2.33. The summed E-state index contributed by atoms with van der Waals surface area (Å²) in [5.74, 6) is -1.70. The first-order valence-corrected chi connectivity index (χ1v) is 7.59. The van der Waals surface area contributed by atoms with E-state index in [-0.39, 0.29) is 24.4 Å². The van der Waals surface area contributed by atoms with Gasteiger partial charge in [-0.2, -0.15) is 0 Å². The van der Waals surface area contributed by atoms with E-state index < -0.39 is 34.4 Å². The molecule has 0 radical (unpaired) electrons. The van der Waals surface area contributed by atoms with Crippen molar-refractivity contribution >= 4 is 11.8 Å². The normalized spacial score (nSPS) is 22.8. The summed E-state index contributed by atoms with van der Waals surface area (Å²) in [6.07, 6.45) is 2.34. The number of carbonyl (C=O) groups excluding carboxylic acids is 2. The van der Waals surface area contributed by atoms with E-state index in [0.29, 0.717) is 6.42 Å². The molecule has 0 bridgehead atoms. The fourth-order valence-electron chi connectivity index (χ4n) is 3.11. The minimum absolute atomic E-state index is 0.216. The lowest BCUT2D eigenvalue weighted by Gasteiger charge is -2.33. The van der Waals surface area contributed by atoms with E-state index >= 15 is 0 Å². The number of Topliss-reactive ketones (excluding diaryl/α,β-unsaturated/α-hetero) is 1. The van der Waals surface area contributed by atoms with Gasteiger partial charge in [0, 0.05) is 11.3 Å². The van der Waals surface area contributed by atoms with Crippen LogP contribution in [0.1, 0.15) is 51.7 Å². The fourth-order valence-corrected chi connectivity index (χ4v) is 3.11. The number of ether oxygens (including phenoxy) is 1. The Morgan fingerprint density at radius 2 is 2.22 bits per heavy atom. The number of nitro groups is 1. The predicted molar refractivity (Wildman–Crippen MR) is 80.4 cm³/mol. The van der Waals surface area contributed by atoms with Crippen molar-refractivity contribution < 1.29 is 23.7 Å². The molecule has 1 aliphatic carbocycles. The first kappa shape index (κ1) is 17.2. The molecule has 2 rings (SSSR count). The Labute approximate surface area is 134 Å². The van der Waals surface area contributed by atoms with E-state index in [1.165, 1.54) is 6.26 Å². The Morgan fingerprint density at radius 3 is 2.65 bits per heavy atom. The molecule has 7 heteroatoms. The maximum absolute atomic E-state index is 12.8. The van der Waals surface area contributed by atoms with Crippen molar-refractivity contribution in [2.75, 3.05) is 6.54 Å². The molecule has 0 amide bonds. The first-order valence-electron chi connectivity index (χ1n) is 7.59. The first-order chi connectivity index (χ1) is 10.7. The van der Waals surface area contributed by atoms with Gasteiger partial charge in [0.1, 0.15) is 22.7 Å². The zero-order valence-corrected chi connectivity index (χ0v) is 13.5. The Balaban J connectivity index is 2.48. The standard InChI is InChI=1S/C16H21NO6/c1-15(2,3)23-14(19)16(8-4-7-13(16)18)11(10-17(20)21)12-6-5-9-22-12/h5-6,9,11H,4,7-8,10H2,1-3H3/t11-,16+/m0/s1. The van der Waals surface area contributed by atoms with Crippen LogP contribution in [0.2, 0.25) is 0 Å². The van der Waals surface area contributed by atoms with Gasteiger partial charge in [-0.1, -0.05) is 0 Å². The van der Waals surface area contributed by atoms with Crippen LogP contribution in [0.25, 0.3) is 0 Å². The SMILES string of the molecule is CC(C)(C)OC(=O)[C@@]1([C@@H](C[N+](=O)[O-])c2ccco2)CCCC1=O. The molecule has 1 saturated carbocycles. The third-order valence-electron chi connectivity index (χ3n) is 4.05. The lowest BCUT2D eigenvalue weighted by molar-refractivity contribution is -0.486. The zero-order valence-electron chi connectivity index (χ0n) is 13.5. The number of rotatable bonds is 5. The molecule has 1 aromatic rings. The highest BCUT2D eigenvalue weighted by atomic mass is 16.6. The molecule has 0 N–H and O–H groups in total. The van der Waals surface area contributed by atoms with Gasteiger partial charge >= 0.3 is 5.97 Å². The second-order valence-electron chi connectivity index (χ2n) is 6.83. The number of ketones is 1. The van der Waals surface area contributed by atoms with Crippen molar-refractivity contribution in [3.05, 3.63) is 34.3 Å². The van der Waals surface area contributed by atoms with Crippen LogP contribution >= 0.6 is 0 Å². The minimum atomic E-state index is -1.54. The zero-order chi connectivity index (χ0) is 17.3. The Hall–Kier alpha value is -2.18. The van der Waals surface area contributed by atoms with Gasteiger partial charge < -0.3 is 9.15 Å². The van der Waals surface area contributed by atoms with Gasteiger partial charge in [-0.3, -0.25) is 19.7 Å². The molecular formula is C16H21NO6. The van der Waals surface area contributed by atoms with Gasteiger partial charge in [0.05, 0.1) is 6.26 Å². The molecule has 0 saturated heterocycles.